The summed E-state index contributed by atoms with van der Waals surface area (Å²) < 4.78 is 2.41. The molecule has 0 saturated carbocycles. The van der Waals surface area contributed by atoms with Crippen LogP contribution >= 0.6 is 0 Å². The van der Waals surface area contributed by atoms with E-state index in [1.165, 1.54) is 38.6 Å². The Morgan fingerprint density at radius 1 is 1.06 bits per heavy atom. The minimum absolute atomic E-state index is 0.0506. The van der Waals surface area contributed by atoms with Gasteiger partial charge in [0.15, 0.2) is 0 Å². The molecule has 0 fully saturated rings. The van der Waals surface area contributed by atoms with Gasteiger partial charge in [-0.15, -0.1) is 0 Å². The molecule has 1 amide bonds. The van der Waals surface area contributed by atoms with Crippen molar-refractivity contribution in [3.05, 3.63) is 83.9 Å². The summed E-state index contributed by atoms with van der Waals surface area (Å²) >= 11 is 0. The lowest BCUT2D eigenvalue weighted by molar-refractivity contribution is -0.116. The second-order valence-electron chi connectivity index (χ2n) is 9.36. The third-order valence-corrected chi connectivity index (χ3v) is 7.68. The van der Waals surface area contributed by atoms with Gasteiger partial charge in [0.2, 0.25) is 5.91 Å². The lowest BCUT2D eigenvalue weighted by Gasteiger charge is -2.38. The van der Waals surface area contributed by atoms with E-state index in [-0.39, 0.29) is 11.9 Å². The van der Waals surface area contributed by atoms with E-state index in [0.717, 1.165) is 18.7 Å². The maximum atomic E-state index is 11.9. The van der Waals surface area contributed by atoms with E-state index in [1.54, 1.807) is 11.8 Å². The Labute approximate surface area is 194 Å². The summed E-state index contributed by atoms with van der Waals surface area (Å²) in [6.07, 6.45) is 5.74. The van der Waals surface area contributed by atoms with Crippen molar-refractivity contribution in [1.82, 2.24) is 4.57 Å². The number of anilines is 2. The zero-order valence-electron chi connectivity index (χ0n) is 19.4. The fraction of sp³-hybridized carbons (Fsp3) is 0.276. The maximum Gasteiger partial charge on any atom is 0.223 e. The summed E-state index contributed by atoms with van der Waals surface area (Å²) in [6, 6.07) is 22.4. The topological polar surface area (TPSA) is 37.3 Å². The molecule has 3 unspecified atom stereocenters. The van der Waals surface area contributed by atoms with Gasteiger partial charge in [0.25, 0.3) is 0 Å². The van der Waals surface area contributed by atoms with Crippen molar-refractivity contribution in [3.63, 3.8) is 0 Å². The van der Waals surface area contributed by atoms with Crippen LogP contribution < -0.4 is 10.2 Å². The minimum atomic E-state index is 0.0506. The highest BCUT2D eigenvalue weighted by molar-refractivity contribution is 6.08. The molecule has 33 heavy (non-hydrogen) atoms. The molecule has 4 nitrogen and oxygen atoms in total. The van der Waals surface area contributed by atoms with E-state index in [1.807, 2.05) is 13.1 Å². The number of para-hydroxylation sites is 1. The first kappa shape index (κ1) is 20.1. The van der Waals surface area contributed by atoms with Gasteiger partial charge < -0.3 is 14.8 Å². The number of rotatable bonds is 3. The van der Waals surface area contributed by atoms with Crippen molar-refractivity contribution < 1.29 is 4.79 Å². The molecular weight excluding hydrogens is 406 g/mol. The van der Waals surface area contributed by atoms with Crippen LogP contribution in [0.15, 0.2) is 72.8 Å². The van der Waals surface area contributed by atoms with Crippen LogP contribution in [-0.2, 0) is 11.3 Å². The molecular formula is C29H29N3O. The first-order valence-corrected chi connectivity index (χ1v) is 11.9. The average Bonchev–Trinajstić information content (AvgIpc) is 3.45. The van der Waals surface area contributed by atoms with Gasteiger partial charge in [0.1, 0.15) is 0 Å². The van der Waals surface area contributed by atoms with Crippen LogP contribution in [0.2, 0.25) is 0 Å². The third kappa shape index (κ3) is 3.01. The second-order valence-corrected chi connectivity index (χ2v) is 9.36. The van der Waals surface area contributed by atoms with Crippen LogP contribution in [0.5, 0.6) is 0 Å². The standard InChI is InChI=1S/C29H29N3O/c1-4-32-27-11-6-5-8-22(27)25-16-19(12-15-28(25)32)29-23-10-7-9-21(23)24-17-20(31(3)18(2)33)13-14-26(24)30-29/h5-9,11-17,21,23,29-30H,4,10H2,1-3H3. The number of nitrogens with one attached hydrogen (secondary N) is 1. The second kappa shape index (κ2) is 7.51. The molecule has 3 atom stereocenters. The average molecular weight is 436 g/mol. The van der Waals surface area contributed by atoms with Gasteiger partial charge >= 0.3 is 0 Å². The van der Waals surface area contributed by atoms with Crippen molar-refractivity contribution in [2.24, 2.45) is 5.92 Å². The Morgan fingerprint density at radius 2 is 1.88 bits per heavy atom. The van der Waals surface area contributed by atoms with Gasteiger partial charge in [-0.05, 0) is 66.8 Å². The van der Waals surface area contributed by atoms with E-state index in [0.29, 0.717) is 11.8 Å². The highest BCUT2D eigenvalue weighted by Gasteiger charge is 2.38. The number of nitrogens with zero attached hydrogens (tertiary/aromatic N) is 2. The molecule has 4 aromatic rings. The smallest absolute Gasteiger partial charge is 0.223 e. The lowest BCUT2D eigenvalue weighted by Crippen LogP contribution is -2.30. The first-order valence-electron chi connectivity index (χ1n) is 11.9. The lowest BCUT2D eigenvalue weighted by atomic mass is 9.76. The SMILES string of the molecule is CCn1c2ccccc2c2cc(C3Nc4ccc(N(C)C(C)=O)cc4C4C=CCC43)ccc21. The number of hydrogen-bond acceptors (Lipinski definition) is 2. The van der Waals surface area contributed by atoms with E-state index in [4.69, 9.17) is 0 Å². The van der Waals surface area contributed by atoms with Crippen molar-refractivity contribution in [3.8, 4) is 0 Å². The normalized spacial score (nSPS) is 21.1. The predicted octanol–water partition coefficient (Wildman–Crippen LogP) is 6.62. The number of fused-ring (bicyclic) bond motifs is 6. The molecule has 4 heteroatoms. The Kier molecular flexibility index (Phi) is 4.58. The van der Waals surface area contributed by atoms with Crippen molar-refractivity contribution >= 4 is 39.1 Å². The Balaban J connectivity index is 1.45. The van der Waals surface area contributed by atoms with E-state index in [9.17, 15) is 4.79 Å². The molecule has 0 radical (unpaired) electrons. The minimum Gasteiger partial charge on any atom is -0.378 e. The first-order chi connectivity index (χ1) is 16.1. The number of carbonyl (C=O) groups excluding carboxylic acids is 1. The van der Waals surface area contributed by atoms with Gasteiger partial charge in [-0.1, -0.05) is 36.4 Å². The Morgan fingerprint density at radius 3 is 2.70 bits per heavy atom. The number of carbonyl (C=O) groups is 1. The van der Waals surface area contributed by atoms with E-state index >= 15 is 0 Å². The van der Waals surface area contributed by atoms with Crippen LogP contribution in [0, 0.1) is 5.92 Å². The molecule has 166 valence electrons. The fourth-order valence-electron chi connectivity index (χ4n) is 5.91. The van der Waals surface area contributed by atoms with Crippen molar-refractivity contribution in [2.75, 3.05) is 17.3 Å². The van der Waals surface area contributed by atoms with Gasteiger partial charge in [-0.2, -0.15) is 0 Å². The summed E-state index contributed by atoms with van der Waals surface area (Å²) in [5.74, 6) is 0.876. The molecule has 0 spiro atoms. The highest BCUT2D eigenvalue weighted by Crippen LogP contribution is 2.51. The van der Waals surface area contributed by atoms with Crippen molar-refractivity contribution in [1.29, 1.82) is 0 Å². The quantitative estimate of drug-likeness (QED) is 0.367. The van der Waals surface area contributed by atoms with Crippen LogP contribution in [-0.4, -0.2) is 17.5 Å². The molecule has 6 rings (SSSR count). The van der Waals surface area contributed by atoms with Gasteiger partial charge in [-0.25, -0.2) is 0 Å². The maximum absolute atomic E-state index is 11.9. The van der Waals surface area contributed by atoms with Crippen LogP contribution in [0.3, 0.4) is 0 Å². The third-order valence-electron chi connectivity index (χ3n) is 7.68. The zero-order valence-corrected chi connectivity index (χ0v) is 19.4. The molecule has 0 saturated heterocycles. The largest absolute Gasteiger partial charge is 0.378 e. The molecule has 3 aromatic carbocycles. The fourth-order valence-corrected chi connectivity index (χ4v) is 5.91. The summed E-state index contributed by atoms with van der Waals surface area (Å²) in [4.78, 5) is 13.6. The highest BCUT2D eigenvalue weighted by atomic mass is 16.2. The number of benzene rings is 3. The Hall–Kier alpha value is -3.53. The number of allylic oxidation sites excluding steroid dienone is 2. The van der Waals surface area contributed by atoms with Crippen LogP contribution in [0.1, 0.15) is 43.4 Å². The number of amides is 1. The summed E-state index contributed by atoms with van der Waals surface area (Å²) in [7, 11) is 1.84. The number of aryl methyl sites for hydroxylation is 1. The molecule has 1 aliphatic carbocycles. The molecule has 0 bridgehead atoms. The van der Waals surface area contributed by atoms with E-state index in [2.05, 4.69) is 83.6 Å². The molecule has 2 heterocycles. The summed E-state index contributed by atoms with van der Waals surface area (Å²) in [5, 5.41) is 6.52. The van der Waals surface area contributed by atoms with Crippen LogP contribution in [0.25, 0.3) is 21.8 Å². The number of aromatic nitrogens is 1. The monoisotopic (exact) mass is 435 g/mol. The van der Waals surface area contributed by atoms with Gasteiger partial charge in [0.05, 0.1) is 6.04 Å². The Bertz CT molecular complexity index is 1430. The van der Waals surface area contributed by atoms with Gasteiger partial charge in [-0.3, -0.25) is 4.79 Å². The van der Waals surface area contributed by atoms with Crippen LogP contribution in [0.4, 0.5) is 11.4 Å². The molecule has 1 N–H and O–H groups in total. The molecule has 2 aliphatic rings. The summed E-state index contributed by atoms with van der Waals surface area (Å²) in [6.45, 7) is 4.79. The van der Waals surface area contributed by atoms with E-state index < -0.39 is 0 Å². The zero-order chi connectivity index (χ0) is 22.7. The van der Waals surface area contributed by atoms with Gasteiger partial charge in [0, 0.05) is 59.6 Å². The predicted molar refractivity (Wildman–Crippen MR) is 137 cm³/mol. The molecule has 1 aromatic heterocycles. The summed E-state index contributed by atoms with van der Waals surface area (Å²) in [5.41, 5.74) is 7.36. The van der Waals surface area contributed by atoms with Crippen molar-refractivity contribution in [2.45, 2.75) is 38.8 Å². The molecule has 1 aliphatic heterocycles. The number of hydrogen-bond donors (Lipinski definition) is 1.